The molecule has 0 radical (unpaired) electrons. The topological polar surface area (TPSA) is 112 Å². The monoisotopic (exact) mass is 390 g/mol. The Kier molecular flexibility index (Phi) is 13.3. The Bertz CT molecular complexity index is 313. The summed E-state index contributed by atoms with van der Waals surface area (Å²) in [6.07, 6.45) is -15.3. The van der Waals surface area contributed by atoms with Gasteiger partial charge < -0.3 is 15.3 Å². The number of rotatable bonds is 0. The van der Waals surface area contributed by atoms with Crippen molar-refractivity contribution in [2.45, 2.75) is 18.5 Å². The fourth-order valence-corrected chi connectivity index (χ4v) is 0. The van der Waals surface area contributed by atoms with E-state index in [1.54, 1.807) is 0 Å². The molecule has 0 saturated heterocycles. The van der Waals surface area contributed by atoms with E-state index in [-0.39, 0.29) is 21.7 Å². The molecule has 0 atom stereocenters. The van der Waals surface area contributed by atoms with Crippen LogP contribution in [0.5, 0.6) is 0 Å². The van der Waals surface area contributed by atoms with Gasteiger partial charge in [-0.15, -0.1) is 0 Å². The predicted molar refractivity (Wildman–Crippen MR) is 41.1 cm³/mol. The second kappa shape index (κ2) is 10.3. The van der Waals surface area contributed by atoms with Gasteiger partial charge in [-0.05, 0) is 0 Å². The van der Waals surface area contributed by atoms with Gasteiger partial charge in [0.1, 0.15) is 0 Å². The molecule has 0 aliphatic heterocycles. The maximum absolute atomic E-state index is 10.6. The molecule has 0 bridgehead atoms. The van der Waals surface area contributed by atoms with E-state index in [4.69, 9.17) is 29.7 Å². The quantitative estimate of drug-likeness (QED) is 0.431. The number of halogens is 9. The number of aliphatic carboxylic acids is 3. The maximum Gasteiger partial charge on any atom is 0.490 e. The molecule has 3 N–H and O–H groups in total. The summed E-state index contributed by atoms with van der Waals surface area (Å²) in [7, 11) is 0. The molecule has 6 nitrogen and oxygen atoms in total. The molecule has 16 heteroatoms. The van der Waals surface area contributed by atoms with Crippen molar-refractivity contribution in [2.24, 2.45) is 0 Å². The molecule has 0 aromatic rings. The van der Waals surface area contributed by atoms with Gasteiger partial charge in [0, 0.05) is 21.7 Å². The Morgan fingerprint density at radius 2 is 0.545 bits per heavy atom. The zero-order valence-corrected chi connectivity index (χ0v) is 11.0. The van der Waals surface area contributed by atoms with Gasteiger partial charge in [0.05, 0.1) is 0 Å². The van der Waals surface area contributed by atoms with Crippen molar-refractivity contribution in [3.63, 3.8) is 0 Å². The molecule has 0 aromatic heterocycles. The SMILES string of the molecule is O=C(O)C(F)(F)F.O=C(O)C(F)(F)F.O=C(O)C(F)(F)F.[Ti]. The summed E-state index contributed by atoms with van der Waals surface area (Å²) < 4.78 is 95.2. The Morgan fingerprint density at radius 1 is 0.500 bits per heavy atom. The van der Waals surface area contributed by atoms with Crippen LogP contribution in [0.1, 0.15) is 0 Å². The first-order valence-corrected chi connectivity index (χ1v) is 3.73. The zero-order chi connectivity index (χ0) is 18.2. The van der Waals surface area contributed by atoms with Crippen molar-refractivity contribution in [2.75, 3.05) is 0 Å². The third-order valence-corrected chi connectivity index (χ3v) is 0.728. The van der Waals surface area contributed by atoms with Crippen LogP contribution in [0.4, 0.5) is 39.5 Å². The smallest absolute Gasteiger partial charge is 0.475 e. The largest absolute Gasteiger partial charge is 0.490 e. The molecule has 0 heterocycles. The Hall–Kier alpha value is -1.51. The van der Waals surface area contributed by atoms with Gasteiger partial charge >= 0.3 is 36.4 Å². The fourth-order valence-electron chi connectivity index (χ4n) is 0. The van der Waals surface area contributed by atoms with Crippen LogP contribution in [0, 0.1) is 0 Å². The zero-order valence-electron chi connectivity index (χ0n) is 9.47. The second-order valence-electron chi connectivity index (χ2n) is 2.41. The summed E-state index contributed by atoms with van der Waals surface area (Å²) in [5, 5.41) is 21.4. The standard InChI is InChI=1S/3C2HF3O2.Ti/c3*3-2(4,5)1(6)7;/h3*(H,6,7);. The Labute approximate surface area is 128 Å². The van der Waals surface area contributed by atoms with Crippen molar-refractivity contribution >= 4 is 17.9 Å². The fraction of sp³-hybridized carbons (Fsp3) is 0.500. The molecule has 0 aromatic carbocycles. The van der Waals surface area contributed by atoms with E-state index in [1.807, 2.05) is 0 Å². The first kappa shape index (κ1) is 28.6. The average molecular weight is 390 g/mol. The molecule has 0 aliphatic rings. The van der Waals surface area contributed by atoms with E-state index in [0.717, 1.165) is 0 Å². The van der Waals surface area contributed by atoms with Crippen LogP contribution in [0.2, 0.25) is 0 Å². The van der Waals surface area contributed by atoms with Crippen LogP contribution >= 0.6 is 0 Å². The summed E-state index contributed by atoms with van der Waals surface area (Å²) in [5.74, 6) is -8.27. The van der Waals surface area contributed by atoms with E-state index in [0.29, 0.717) is 0 Å². The molecular weight excluding hydrogens is 387 g/mol. The Balaban J connectivity index is -0.000000108. The minimum Gasteiger partial charge on any atom is -0.475 e. The molecule has 0 unspecified atom stereocenters. The number of hydrogen-bond acceptors (Lipinski definition) is 3. The third-order valence-electron chi connectivity index (χ3n) is 0.728. The number of alkyl halides is 9. The van der Waals surface area contributed by atoms with Crippen molar-refractivity contribution in [3.8, 4) is 0 Å². The average Bonchev–Trinajstić information content (AvgIpc) is 2.14. The number of carbonyl (C=O) groups is 3. The van der Waals surface area contributed by atoms with Gasteiger partial charge in [0.15, 0.2) is 0 Å². The van der Waals surface area contributed by atoms with Gasteiger partial charge in [0.2, 0.25) is 0 Å². The molecule has 0 aliphatic carbocycles. The first-order chi connectivity index (χ1) is 8.83. The summed E-state index contributed by atoms with van der Waals surface area (Å²) in [6, 6.07) is 0. The van der Waals surface area contributed by atoms with Crippen molar-refractivity contribution in [3.05, 3.63) is 0 Å². The minimum absolute atomic E-state index is 0. The van der Waals surface area contributed by atoms with Crippen LogP contribution in [0.25, 0.3) is 0 Å². The molecule has 0 amide bonds. The summed E-state index contributed by atoms with van der Waals surface area (Å²) in [6.45, 7) is 0. The summed E-state index contributed by atoms with van der Waals surface area (Å²) in [5.41, 5.74) is 0. The number of hydrogen-bond donors (Lipinski definition) is 3. The normalized spacial score (nSPS) is 10.8. The summed E-state index contributed by atoms with van der Waals surface area (Å²) >= 11 is 0. The van der Waals surface area contributed by atoms with Crippen molar-refractivity contribution in [1.82, 2.24) is 0 Å². The minimum atomic E-state index is -5.08. The number of carboxylic acid groups (broad SMARTS) is 3. The van der Waals surface area contributed by atoms with Gasteiger partial charge in [-0.25, -0.2) is 14.4 Å². The summed E-state index contributed by atoms with van der Waals surface area (Å²) in [4.78, 5) is 26.7. The van der Waals surface area contributed by atoms with E-state index in [9.17, 15) is 39.5 Å². The third kappa shape index (κ3) is 20.8. The van der Waals surface area contributed by atoms with Gasteiger partial charge in [0.25, 0.3) is 0 Å². The van der Waals surface area contributed by atoms with E-state index in [2.05, 4.69) is 0 Å². The van der Waals surface area contributed by atoms with Crippen LogP contribution in [-0.4, -0.2) is 51.8 Å². The van der Waals surface area contributed by atoms with Crippen molar-refractivity contribution < 1.29 is 90.9 Å². The molecule has 22 heavy (non-hydrogen) atoms. The van der Waals surface area contributed by atoms with E-state index in [1.165, 1.54) is 0 Å². The van der Waals surface area contributed by atoms with Crippen LogP contribution in [-0.2, 0) is 36.1 Å². The molecule has 0 rings (SSSR count). The maximum atomic E-state index is 10.6. The second-order valence-corrected chi connectivity index (χ2v) is 2.41. The molecule has 130 valence electrons. The Morgan fingerprint density at radius 3 is 0.545 bits per heavy atom. The first-order valence-electron chi connectivity index (χ1n) is 3.73. The van der Waals surface area contributed by atoms with Crippen LogP contribution in [0.15, 0.2) is 0 Å². The molecular formula is C6H3F9O6Ti. The van der Waals surface area contributed by atoms with Crippen LogP contribution in [0.3, 0.4) is 0 Å². The van der Waals surface area contributed by atoms with Gasteiger partial charge in [-0.2, -0.15) is 39.5 Å². The van der Waals surface area contributed by atoms with Crippen LogP contribution < -0.4 is 0 Å². The molecule has 0 spiro atoms. The molecule has 0 saturated carbocycles. The number of carboxylic acids is 3. The predicted octanol–water partition coefficient (Wildman–Crippen LogP) is 1.90. The van der Waals surface area contributed by atoms with E-state index >= 15 is 0 Å². The molecule has 0 fully saturated rings. The van der Waals surface area contributed by atoms with Gasteiger partial charge in [-0.3, -0.25) is 0 Å². The van der Waals surface area contributed by atoms with Gasteiger partial charge in [-0.1, -0.05) is 0 Å². The van der Waals surface area contributed by atoms with E-state index < -0.39 is 36.4 Å². The van der Waals surface area contributed by atoms with Crippen molar-refractivity contribution in [1.29, 1.82) is 0 Å².